The van der Waals surface area contributed by atoms with Gasteiger partial charge in [-0.25, -0.2) is 0 Å². The molecule has 130 valence electrons. The summed E-state index contributed by atoms with van der Waals surface area (Å²) in [5.74, 6) is 3.00. The van der Waals surface area contributed by atoms with Gasteiger partial charge in [-0.15, -0.1) is 0 Å². The molecule has 0 spiro atoms. The average molecular weight is 330 g/mol. The number of nitrogens with zero attached hydrogens (tertiary/aromatic N) is 2. The van der Waals surface area contributed by atoms with Crippen molar-refractivity contribution in [2.75, 3.05) is 20.8 Å². The summed E-state index contributed by atoms with van der Waals surface area (Å²) in [5, 5.41) is 4.31. The van der Waals surface area contributed by atoms with Gasteiger partial charge in [-0.05, 0) is 25.5 Å². The second-order valence-corrected chi connectivity index (χ2v) is 6.62. The normalized spacial score (nSPS) is 18.3. The third-order valence-corrected chi connectivity index (χ3v) is 4.69. The summed E-state index contributed by atoms with van der Waals surface area (Å²) in [6.07, 6.45) is 2.29. The summed E-state index contributed by atoms with van der Waals surface area (Å²) in [7, 11) is 3.37. The molecule has 0 unspecified atom stereocenters. The van der Waals surface area contributed by atoms with E-state index in [2.05, 4.69) is 36.0 Å². The predicted octanol–water partition coefficient (Wildman–Crippen LogP) is 4.15. The van der Waals surface area contributed by atoms with E-state index in [4.69, 9.17) is 14.0 Å². The van der Waals surface area contributed by atoms with E-state index in [0.29, 0.717) is 12.0 Å². The van der Waals surface area contributed by atoms with Crippen LogP contribution < -0.4 is 9.47 Å². The standard InChI is InChI=1S/C19H26N2O3/c1-13(2)18-11-16(20-24-18)17-6-5-9-21(17)12-14-7-8-15(22-3)10-19(14)23-4/h7-8,10-11,13,17H,5-6,9,12H2,1-4H3/t17-/m1/s1. The van der Waals surface area contributed by atoms with Crippen LogP contribution >= 0.6 is 0 Å². The van der Waals surface area contributed by atoms with Crippen LogP contribution in [-0.4, -0.2) is 30.8 Å². The van der Waals surface area contributed by atoms with E-state index in [-0.39, 0.29) is 0 Å². The highest BCUT2D eigenvalue weighted by Crippen LogP contribution is 2.35. The lowest BCUT2D eigenvalue weighted by molar-refractivity contribution is 0.232. The first kappa shape index (κ1) is 16.8. The van der Waals surface area contributed by atoms with Gasteiger partial charge in [0.05, 0.1) is 20.3 Å². The molecule has 1 fully saturated rings. The van der Waals surface area contributed by atoms with Crippen LogP contribution in [0.15, 0.2) is 28.8 Å². The number of rotatable bonds is 6. The quantitative estimate of drug-likeness (QED) is 0.796. The van der Waals surface area contributed by atoms with Gasteiger partial charge in [0.15, 0.2) is 0 Å². The number of methoxy groups -OCH3 is 2. The zero-order valence-corrected chi connectivity index (χ0v) is 14.9. The monoisotopic (exact) mass is 330 g/mol. The topological polar surface area (TPSA) is 47.7 Å². The van der Waals surface area contributed by atoms with E-state index in [1.54, 1.807) is 14.2 Å². The molecule has 0 amide bonds. The van der Waals surface area contributed by atoms with E-state index >= 15 is 0 Å². The molecule has 2 aromatic rings. The number of likely N-dealkylation sites (tertiary alicyclic amines) is 1. The van der Waals surface area contributed by atoms with Crippen molar-refractivity contribution >= 4 is 0 Å². The van der Waals surface area contributed by atoms with Crippen molar-refractivity contribution in [3.63, 3.8) is 0 Å². The van der Waals surface area contributed by atoms with Gasteiger partial charge in [0.2, 0.25) is 0 Å². The van der Waals surface area contributed by atoms with Crippen LogP contribution in [0.2, 0.25) is 0 Å². The molecule has 3 rings (SSSR count). The largest absolute Gasteiger partial charge is 0.497 e. The Morgan fingerprint density at radius 3 is 2.75 bits per heavy atom. The number of benzene rings is 1. The summed E-state index contributed by atoms with van der Waals surface area (Å²) < 4.78 is 16.3. The Hall–Kier alpha value is -2.01. The van der Waals surface area contributed by atoms with Crippen molar-refractivity contribution in [2.45, 2.75) is 45.2 Å². The minimum atomic E-state index is 0.313. The lowest BCUT2D eigenvalue weighted by Gasteiger charge is -2.23. The molecule has 1 aliphatic rings. The third kappa shape index (κ3) is 3.41. The first-order chi connectivity index (χ1) is 11.6. The van der Waals surface area contributed by atoms with E-state index in [1.807, 2.05) is 12.1 Å². The van der Waals surface area contributed by atoms with Crippen molar-refractivity contribution in [1.82, 2.24) is 10.1 Å². The molecular weight excluding hydrogens is 304 g/mol. The van der Waals surface area contributed by atoms with E-state index in [9.17, 15) is 0 Å². The Bertz CT molecular complexity index is 681. The molecule has 1 aliphatic heterocycles. The van der Waals surface area contributed by atoms with Crippen LogP contribution in [0.5, 0.6) is 11.5 Å². The maximum Gasteiger partial charge on any atom is 0.139 e. The Morgan fingerprint density at radius 2 is 2.08 bits per heavy atom. The Labute approximate surface area is 143 Å². The summed E-state index contributed by atoms with van der Waals surface area (Å²) in [6, 6.07) is 8.42. The molecule has 0 radical (unpaired) electrons. The smallest absolute Gasteiger partial charge is 0.139 e. The van der Waals surface area contributed by atoms with Crippen molar-refractivity contribution in [2.24, 2.45) is 0 Å². The van der Waals surface area contributed by atoms with Gasteiger partial charge in [0.25, 0.3) is 0 Å². The Morgan fingerprint density at radius 1 is 1.25 bits per heavy atom. The number of aromatic nitrogens is 1. The number of ether oxygens (including phenoxy) is 2. The molecule has 0 N–H and O–H groups in total. The Kier molecular flexibility index (Phi) is 5.09. The van der Waals surface area contributed by atoms with Gasteiger partial charge in [-0.1, -0.05) is 25.1 Å². The lowest BCUT2D eigenvalue weighted by atomic mass is 10.1. The SMILES string of the molecule is COc1ccc(CN2CCC[C@@H]2c2cc(C(C)C)on2)c(OC)c1. The molecule has 0 aliphatic carbocycles. The van der Waals surface area contributed by atoms with Gasteiger partial charge >= 0.3 is 0 Å². The van der Waals surface area contributed by atoms with Crippen LogP contribution in [0.25, 0.3) is 0 Å². The van der Waals surface area contributed by atoms with Crippen LogP contribution in [0.1, 0.15) is 55.7 Å². The minimum absolute atomic E-state index is 0.313. The van der Waals surface area contributed by atoms with Gasteiger partial charge in [-0.2, -0.15) is 0 Å². The summed E-state index contributed by atoms with van der Waals surface area (Å²) in [5.41, 5.74) is 2.21. The summed E-state index contributed by atoms with van der Waals surface area (Å²) >= 11 is 0. The molecule has 0 saturated carbocycles. The minimum Gasteiger partial charge on any atom is -0.497 e. The van der Waals surface area contributed by atoms with E-state index in [0.717, 1.165) is 48.0 Å². The second-order valence-electron chi connectivity index (χ2n) is 6.62. The van der Waals surface area contributed by atoms with Crippen molar-refractivity contribution in [1.29, 1.82) is 0 Å². The van der Waals surface area contributed by atoms with Gasteiger partial charge in [-0.3, -0.25) is 4.90 Å². The highest BCUT2D eigenvalue weighted by Gasteiger charge is 2.29. The summed E-state index contributed by atoms with van der Waals surface area (Å²) in [4.78, 5) is 2.45. The molecule has 1 atom stereocenters. The maximum atomic E-state index is 5.53. The molecule has 1 aromatic heterocycles. The summed E-state index contributed by atoms with van der Waals surface area (Å²) in [6.45, 7) is 6.14. The zero-order chi connectivity index (χ0) is 17.1. The van der Waals surface area contributed by atoms with Crippen LogP contribution in [-0.2, 0) is 6.54 Å². The second kappa shape index (κ2) is 7.26. The maximum absolute atomic E-state index is 5.53. The zero-order valence-electron chi connectivity index (χ0n) is 14.9. The molecule has 1 saturated heterocycles. The molecule has 5 heteroatoms. The fraction of sp³-hybridized carbons (Fsp3) is 0.526. The van der Waals surface area contributed by atoms with Crippen LogP contribution in [0, 0.1) is 0 Å². The van der Waals surface area contributed by atoms with Gasteiger partial charge in [0, 0.05) is 30.2 Å². The van der Waals surface area contributed by atoms with E-state index in [1.165, 1.54) is 6.42 Å². The highest BCUT2D eigenvalue weighted by molar-refractivity contribution is 5.40. The molecule has 0 bridgehead atoms. The van der Waals surface area contributed by atoms with Gasteiger partial charge in [0.1, 0.15) is 23.0 Å². The predicted molar refractivity (Wildman–Crippen MR) is 92.5 cm³/mol. The first-order valence-corrected chi connectivity index (χ1v) is 8.53. The van der Waals surface area contributed by atoms with E-state index < -0.39 is 0 Å². The first-order valence-electron chi connectivity index (χ1n) is 8.53. The molecule has 5 nitrogen and oxygen atoms in total. The van der Waals surface area contributed by atoms with Crippen LogP contribution in [0.3, 0.4) is 0 Å². The molecule has 2 heterocycles. The van der Waals surface area contributed by atoms with Crippen molar-refractivity contribution in [3.8, 4) is 11.5 Å². The fourth-order valence-corrected chi connectivity index (χ4v) is 3.28. The van der Waals surface area contributed by atoms with Crippen molar-refractivity contribution in [3.05, 3.63) is 41.3 Å². The third-order valence-electron chi connectivity index (χ3n) is 4.69. The van der Waals surface area contributed by atoms with Gasteiger partial charge < -0.3 is 14.0 Å². The molecular formula is C19H26N2O3. The van der Waals surface area contributed by atoms with Crippen LogP contribution in [0.4, 0.5) is 0 Å². The lowest BCUT2D eigenvalue weighted by Crippen LogP contribution is -2.23. The fourth-order valence-electron chi connectivity index (χ4n) is 3.28. The molecule has 1 aromatic carbocycles. The molecule has 24 heavy (non-hydrogen) atoms. The number of hydrogen-bond donors (Lipinski definition) is 0. The highest BCUT2D eigenvalue weighted by atomic mass is 16.5. The van der Waals surface area contributed by atoms with Crippen molar-refractivity contribution < 1.29 is 14.0 Å². The number of hydrogen-bond acceptors (Lipinski definition) is 5. The Balaban J connectivity index is 1.78. The average Bonchev–Trinajstić information content (AvgIpc) is 3.24.